The van der Waals surface area contributed by atoms with Crippen LogP contribution in [0.15, 0.2) is 22.7 Å². The molecule has 5 heteroatoms. The standard InChI is InChI=1S/C14H17BrN2O2/c1-9-5-6-10(11(15)8-9)14(19)17-7-3-2-4-12(17)13(16)18/h5-6,8,12H,2-4,7H2,1H3,(H2,16,18). The number of primary amides is 1. The second-order valence-corrected chi connectivity index (χ2v) is 5.75. The van der Waals surface area contributed by atoms with Gasteiger partial charge in [0.2, 0.25) is 5.91 Å². The summed E-state index contributed by atoms with van der Waals surface area (Å²) in [4.78, 5) is 25.6. The molecule has 1 fully saturated rings. The third kappa shape index (κ3) is 2.97. The van der Waals surface area contributed by atoms with Gasteiger partial charge < -0.3 is 10.6 Å². The van der Waals surface area contributed by atoms with Gasteiger partial charge in [-0.1, -0.05) is 6.07 Å². The number of aryl methyl sites for hydroxylation is 1. The SMILES string of the molecule is Cc1ccc(C(=O)N2CCCCC2C(N)=O)c(Br)c1. The average molecular weight is 325 g/mol. The van der Waals surface area contributed by atoms with Crippen LogP contribution in [0.25, 0.3) is 0 Å². The summed E-state index contributed by atoms with van der Waals surface area (Å²) in [6, 6.07) is 5.10. The molecule has 1 aromatic carbocycles. The van der Waals surface area contributed by atoms with Gasteiger partial charge in [-0.25, -0.2) is 0 Å². The zero-order valence-corrected chi connectivity index (χ0v) is 12.4. The highest BCUT2D eigenvalue weighted by molar-refractivity contribution is 9.10. The first-order chi connectivity index (χ1) is 9.00. The molecule has 1 heterocycles. The summed E-state index contributed by atoms with van der Waals surface area (Å²) in [5.74, 6) is -0.549. The topological polar surface area (TPSA) is 63.4 Å². The minimum Gasteiger partial charge on any atom is -0.368 e. The highest BCUT2D eigenvalue weighted by atomic mass is 79.9. The molecule has 0 saturated carbocycles. The third-order valence-electron chi connectivity index (χ3n) is 3.45. The van der Waals surface area contributed by atoms with Crippen molar-refractivity contribution in [3.05, 3.63) is 33.8 Å². The van der Waals surface area contributed by atoms with Gasteiger partial charge in [0.05, 0.1) is 5.56 Å². The quantitative estimate of drug-likeness (QED) is 0.906. The molecule has 102 valence electrons. The third-order valence-corrected chi connectivity index (χ3v) is 4.10. The van der Waals surface area contributed by atoms with Crippen LogP contribution in [0.3, 0.4) is 0 Å². The Bertz CT molecular complexity index is 516. The summed E-state index contributed by atoms with van der Waals surface area (Å²) in [6.07, 6.45) is 2.51. The van der Waals surface area contributed by atoms with Crippen LogP contribution in [-0.2, 0) is 4.79 Å². The van der Waals surface area contributed by atoms with Gasteiger partial charge in [0.1, 0.15) is 6.04 Å². The molecule has 2 amide bonds. The minimum absolute atomic E-state index is 0.129. The van der Waals surface area contributed by atoms with Gasteiger partial charge in [-0.15, -0.1) is 0 Å². The lowest BCUT2D eigenvalue weighted by Gasteiger charge is -2.34. The molecule has 4 nitrogen and oxygen atoms in total. The predicted molar refractivity (Wildman–Crippen MR) is 76.7 cm³/mol. The van der Waals surface area contributed by atoms with E-state index >= 15 is 0 Å². The van der Waals surface area contributed by atoms with Crippen LogP contribution in [0.5, 0.6) is 0 Å². The number of piperidine rings is 1. The van der Waals surface area contributed by atoms with Crippen LogP contribution in [0.1, 0.15) is 35.2 Å². The van der Waals surface area contributed by atoms with Gasteiger partial charge in [-0.05, 0) is 59.8 Å². The number of carbonyl (C=O) groups is 2. The van der Waals surface area contributed by atoms with Crippen LogP contribution < -0.4 is 5.73 Å². The van der Waals surface area contributed by atoms with Gasteiger partial charge in [0.25, 0.3) is 5.91 Å². The first-order valence-electron chi connectivity index (χ1n) is 6.37. The predicted octanol–water partition coefficient (Wildman–Crippen LogP) is 2.24. The van der Waals surface area contributed by atoms with Crippen molar-refractivity contribution in [2.45, 2.75) is 32.2 Å². The second kappa shape index (κ2) is 5.74. The molecule has 2 N–H and O–H groups in total. The van der Waals surface area contributed by atoms with Crippen LogP contribution in [-0.4, -0.2) is 29.3 Å². The molecule has 0 bridgehead atoms. The molecular formula is C14H17BrN2O2. The lowest BCUT2D eigenvalue weighted by atomic mass is 10.00. The van der Waals surface area contributed by atoms with Gasteiger partial charge in [-0.2, -0.15) is 0 Å². The smallest absolute Gasteiger partial charge is 0.255 e. The summed E-state index contributed by atoms with van der Waals surface area (Å²) >= 11 is 3.41. The van der Waals surface area contributed by atoms with Crippen LogP contribution in [0, 0.1) is 6.92 Å². The highest BCUT2D eigenvalue weighted by Crippen LogP contribution is 2.24. The van der Waals surface area contributed by atoms with Crippen molar-refractivity contribution in [3.63, 3.8) is 0 Å². The van der Waals surface area contributed by atoms with Crippen LogP contribution in [0.4, 0.5) is 0 Å². The Labute approximate surface area is 121 Å². The molecule has 1 atom stereocenters. The normalized spacial score (nSPS) is 19.3. The van der Waals surface area contributed by atoms with Crippen LogP contribution in [0.2, 0.25) is 0 Å². The van der Waals surface area contributed by atoms with Crippen LogP contribution >= 0.6 is 15.9 Å². The Balaban J connectivity index is 2.28. The number of carbonyl (C=O) groups excluding carboxylic acids is 2. The van der Waals surface area contributed by atoms with Crippen molar-refractivity contribution in [3.8, 4) is 0 Å². The molecule has 1 aliphatic rings. The monoisotopic (exact) mass is 324 g/mol. The van der Waals surface area contributed by atoms with Crippen molar-refractivity contribution in [1.29, 1.82) is 0 Å². The molecule has 0 aliphatic carbocycles. The number of hydrogen-bond donors (Lipinski definition) is 1. The summed E-state index contributed by atoms with van der Waals surface area (Å²) in [5, 5.41) is 0. The summed E-state index contributed by atoms with van der Waals surface area (Å²) in [7, 11) is 0. The second-order valence-electron chi connectivity index (χ2n) is 4.90. The number of hydrogen-bond acceptors (Lipinski definition) is 2. The van der Waals surface area contributed by atoms with E-state index in [0.29, 0.717) is 18.5 Å². The Morgan fingerprint density at radius 3 is 2.74 bits per heavy atom. The van der Waals surface area contributed by atoms with E-state index in [-0.39, 0.29) is 5.91 Å². The number of likely N-dealkylation sites (tertiary alicyclic amines) is 1. The number of nitrogens with two attached hydrogens (primary N) is 1. The lowest BCUT2D eigenvalue weighted by molar-refractivity contribution is -0.123. The maximum atomic E-state index is 12.5. The molecule has 1 unspecified atom stereocenters. The Morgan fingerprint density at radius 2 is 2.11 bits per heavy atom. The van der Waals surface area contributed by atoms with E-state index in [9.17, 15) is 9.59 Å². The largest absolute Gasteiger partial charge is 0.368 e. The fourth-order valence-corrected chi connectivity index (χ4v) is 3.08. The molecule has 0 spiro atoms. The number of benzene rings is 1. The van der Waals surface area contributed by atoms with Gasteiger partial charge in [-0.3, -0.25) is 9.59 Å². The van der Waals surface area contributed by atoms with E-state index in [0.717, 1.165) is 22.9 Å². The van der Waals surface area contributed by atoms with E-state index in [1.807, 2.05) is 19.1 Å². The molecule has 0 radical (unpaired) electrons. The summed E-state index contributed by atoms with van der Waals surface area (Å²) in [5.41, 5.74) is 7.05. The number of halogens is 1. The number of rotatable bonds is 2. The summed E-state index contributed by atoms with van der Waals surface area (Å²) in [6.45, 7) is 2.55. The zero-order valence-electron chi connectivity index (χ0n) is 10.9. The zero-order chi connectivity index (χ0) is 14.0. The molecule has 1 aliphatic heterocycles. The average Bonchev–Trinajstić information content (AvgIpc) is 2.38. The van der Waals surface area contributed by atoms with E-state index in [1.54, 1.807) is 11.0 Å². The van der Waals surface area contributed by atoms with Gasteiger partial charge >= 0.3 is 0 Å². The molecule has 2 rings (SSSR count). The first-order valence-corrected chi connectivity index (χ1v) is 7.16. The Hall–Kier alpha value is -1.36. The molecular weight excluding hydrogens is 308 g/mol. The van der Waals surface area contributed by atoms with Crippen molar-refractivity contribution >= 4 is 27.7 Å². The van der Waals surface area contributed by atoms with Crippen molar-refractivity contribution in [1.82, 2.24) is 4.90 Å². The van der Waals surface area contributed by atoms with Crippen molar-refractivity contribution in [2.75, 3.05) is 6.54 Å². The molecule has 1 aromatic rings. The number of amides is 2. The Kier molecular flexibility index (Phi) is 4.24. The van der Waals surface area contributed by atoms with E-state index in [1.165, 1.54) is 0 Å². The molecule has 19 heavy (non-hydrogen) atoms. The van der Waals surface area contributed by atoms with Gasteiger partial charge in [0, 0.05) is 11.0 Å². The van der Waals surface area contributed by atoms with Crippen molar-refractivity contribution in [2.24, 2.45) is 5.73 Å². The van der Waals surface area contributed by atoms with Gasteiger partial charge in [0.15, 0.2) is 0 Å². The Morgan fingerprint density at radius 1 is 1.37 bits per heavy atom. The highest BCUT2D eigenvalue weighted by Gasteiger charge is 2.31. The molecule has 0 aromatic heterocycles. The lowest BCUT2D eigenvalue weighted by Crippen LogP contribution is -2.50. The fourth-order valence-electron chi connectivity index (χ4n) is 2.42. The maximum absolute atomic E-state index is 12.5. The fraction of sp³-hybridized carbons (Fsp3) is 0.429. The van der Waals surface area contributed by atoms with E-state index in [4.69, 9.17) is 5.73 Å². The first kappa shape index (κ1) is 14.1. The molecule has 1 saturated heterocycles. The minimum atomic E-state index is -0.477. The summed E-state index contributed by atoms with van der Waals surface area (Å²) < 4.78 is 0.756. The van der Waals surface area contributed by atoms with Crippen molar-refractivity contribution < 1.29 is 9.59 Å². The van der Waals surface area contributed by atoms with E-state index in [2.05, 4.69) is 15.9 Å². The maximum Gasteiger partial charge on any atom is 0.255 e. The van der Waals surface area contributed by atoms with E-state index < -0.39 is 11.9 Å². The number of nitrogens with zero attached hydrogens (tertiary/aromatic N) is 1.